The Balaban J connectivity index is 1.24. The van der Waals surface area contributed by atoms with E-state index in [1.165, 1.54) is 5.52 Å². The van der Waals surface area contributed by atoms with E-state index in [2.05, 4.69) is 28.1 Å². The van der Waals surface area contributed by atoms with Crippen LogP contribution in [0.5, 0.6) is 5.75 Å². The molecule has 5 nitrogen and oxygen atoms in total. The molecule has 0 unspecified atom stereocenters. The number of nitrogens with one attached hydrogen (secondary N) is 1. The molecule has 1 heterocycles. The molecule has 0 aliphatic rings. The Kier molecular flexibility index (Phi) is 9.01. The van der Waals surface area contributed by atoms with E-state index in [0.29, 0.717) is 18.7 Å². The van der Waals surface area contributed by atoms with Crippen molar-refractivity contribution in [3.8, 4) is 5.75 Å². The van der Waals surface area contributed by atoms with Gasteiger partial charge in [0.15, 0.2) is 0 Å². The molecule has 3 aromatic carbocycles. The Bertz CT molecular complexity index is 1300. The van der Waals surface area contributed by atoms with E-state index in [9.17, 15) is 4.79 Å². The van der Waals surface area contributed by atoms with Gasteiger partial charge in [-0.15, -0.1) is 0 Å². The van der Waals surface area contributed by atoms with Crippen LogP contribution in [0, 0.1) is 13.8 Å². The Morgan fingerprint density at radius 2 is 1.78 bits per heavy atom. The van der Waals surface area contributed by atoms with Crippen LogP contribution in [0.3, 0.4) is 0 Å². The van der Waals surface area contributed by atoms with Gasteiger partial charge in [-0.05, 0) is 81.1 Å². The quantitative estimate of drug-likeness (QED) is 0.213. The van der Waals surface area contributed by atoms with Gasteiger partial charge < -0.3 is 14.6 Å². The molecule has 6 heteroatoms. The largest absolute Gasteiger partial charge is 0.494 e. The monoisotopic (exact) mass is 503 g/mol. The summed E-state index contributed by atoms with van der Waals surface area (Å²) in [6.45, 7) is 6.18. The Morgan fingerprint density at radius 1 is 0.972 bits per heavy atom. The van der Waals surface area contributed by atoms with Gasteiger partial charge in [-0.1, -0.05) is 47.9 Å². The molecule has 0 radical (unpaired) electrons. The van der Waals surface area contributed by atoms with Crippen molar-refractivity contribution in [2.45, 2.75) is 52.5 Å². The molecule has 4 rings (SSSR count). The zero-order valence-electron chi connectivity index (χ0n) is 21.1. The number of carbonyl (C=O) groups excluding carboxylic acids is 1. The molecule has 188 valence electrons. The number of carbonyl (C=O) groups is 1. The fourth-order valence-electron chi connectivity index (χ4n) is 4.28. The molecule has 1 aromatic heterocycles. The van der Waals surface area contributed by atoms with Gasteiger partial charge in [-0.3, -0.25) is 4.79 Å². The van der Waals surface area contributed by atoms with E-state index in [1.807, 2.05) is 62.4 Å². The van der Waals surface area contributed by atoms with E-state index >= 15 is 0 Å². The summed E-state index contributed by atoms with van der Waals surface area (Å²) in [4.78, 5) is 17.2. The summed E-state index contributed by atoms with van der Waals surface area (Å²) in [6.07, 6.45) is 4.82. The minimum absolute atomic E-state index is 0.00669. The first-order valence-electron chi connectivity index (χ1n) is 12.7. The Hall–Kier alpha value is -3.31. The van der Waals surface area contributed by atoms with Gasteiger partial charge in [0.05, 0.1) is 17.6 Å². The normalized spacial score (nSPS) is 11.1. The summed E-state index contributed by atoms with van der Waals surface area (Å²) in [6, 6.07) is 21.7. The zero-order valence-corrected chi connectivity index (χ0v) is 21.9. The van der Waals surface area contributed by atoms with Gasteiger partial charge in [0.1, 0.15) is 11.6 Å². The number of aryl methyl sites for hydroxylation is 4. The number of unbranched alkanes of at least 4 members (excludes halogenated alkanes) is 2. The van der Waals surface area contributed by atoms with Crippen molar-refractivity contribution in [1.82, 2.24) is 14.9 Å². The van der Waals surface area contributed by atoms with E-state index in [1.54, 1.807) is 0 Å². The van der Waals surface area contributed by atoms with Crippen LogP contribution in [0.1, 0.15) is 53.0 Å². The highest BCUT2D eigenvalue weighted by molar-refractivity contribution is 6.31. The van der Waals surface area contributed by atoms with Crippen molar-refractivity contribution in [2.24, 2.45) is 0 Å². The lowest BCUT2D eigenvalue weighted by atomic mass is 10.1. The molecule has 0 saturated carbocycles. The second-order valence-electron chi connectivity index (χ2n) is 9.21. The average Bonchev–Trinajstić information content (AvgIpc) is 3.23. The molecule has 0 saturated heterocycles. The third kappa shape index (κ3) is 6.88. The smallest absolute Gasteiger partial charge is 0.251 e. The lowest BCUT2D eigenvalue weighted by molar-refractivity contribution is 0.0953. The topological polar surface area (TPSA) is 56.2 Å². The van der Waals surface area contributed by atoms with Gasteiger partial charge in [-0.2, -0.15) is 0 Å². The predicted octanol–water partition coefficient (Wildman–Crippen LogP) is 6.92. The molecule has 0 spiro atoms. The van der Waals surface area contributed by atoms with Crippen molar-refractivity contribution in [1.29, 1.82) is 0 Å². The van der Waals surface area contributed by atoms with E-state index in [-0.39, 0.29) is 5.91 Å². The Morgan fingerprint density at radius 3 is 2.58 bits per heavy atom. The summed E-state index contributed by atoms with van der Waals surface area (Å²) in [5.41, 5.74) is 5.09. The van der Waals surface area contributed by atoms with Crippen LogP contribution in [-0.4, -0.2) is 28.6 Å². The summed E-state index contributed by atoms with van der Waals surface area (Å²) in [5.74, 6) is 1.96. The van der Waals surface area contributed by atoms with Crippen molar-refractivity contribution < 1.29 is 9.53 Å². The van der Waals surface area contributed by atoms with Crippen molar-refractivity contribution in [3.63, 3.8) is 0 Å². The molecule has 36 heavy (non-hydrogen) atoms. The summed E-state index contributed by atoms with van der Waals surface area (Å²) in [7, 11) is 0. The van der Waals surface area contributed by atoms with Crippen molar-refractivity contribution in [3.05, 3.63) is 94.3 Å². The molecule has 1 amide bonds. The number of halogens is 1. The molecule has 1 N–H and O–H groups in total. The fraction of sp³-hybridized carbons (Fsp3) is 0.333. The molecule has 0 bridgehead atoms. The second-order valence-corrected chi connectivity index (χ2v) is 9.62. The minimum atomic E-state index is -0.00669. The number of imidazole rings is 1. The van der Waals surface area contributed by atoms with Gasteiger partial charge in [0.2, 0.25) is 0 Å². The first-order chi connectivity index (χ1) is 17.5. The highest BCUT2D eigenvalue weighted by Crippen LogP contribution is 2.22. The van der Waals surface area contributed by atoms with Crippen LogP contribution in [0.15, 0.2) is 66.7 Å². The maximum absolute atomic E-state index is 12.3. The maximum Gasteiger partial charge on any atom is 0.251 e. The van der Waals surface area contributed by atoms with Crippen LogP contribution < -0.4 is 10.1 Å². The van der Waals surface area contributed by atoms with Crippen LogP contribution in [0.25, 0.3) is 11.0 Å². The number of aromatic nitrogens is 2. The molecule has 4 aromatic rings. The van der Waals surface area contributed by atoms with Gasteiger partial charge >= 0.3 is 0 Å². The first-order valence-corrected chi connectivity index (χ1v) is 13.1. The molecular weight excluding hydrogens is 470 g/mol. The van der Waals surface area contributed by atoms with Gasteiger partial charge in [0.25, 0.3) is 5.91 Å². The van der Waals surface area contributed by atoms with E-state index in [0.717, 1.165) is 71.9 Å². The van der Waals surface area contributed by atoms with Crippen LogP contribution in [0.4, 0.5) is 0 Å². The first kappa shape index (κ1) is 25.8. The number of fused-ring (bicyclic) bond motifs is 1. The van der Waals surface area contributed by atoms with Crippen molar-refractivity contribution in [2.75, 3.05) is 13.2 Å². The Labute approximate surface area is 218 Å². The number of para-hydroxylation sites is 2. The number of benzene rings is 3. The number of rotatable bonds is 12. The number of ether oxygens (including phenoxy) is 1. The number of hydrogen-bond acceptors (Lipinski definition) is 3. The SMILES string of the molecule is Cc1ccc(C(=O)NCCCCCc2nc3ccccc3n2CCCOc2ccc(Cl)c(C)c2)cc1. The molecule has 0 aliphatic carbocycles. The minimum Gasteiger partial charge on any atom is -0.494 e. The number of amides is 1. The summed E-state index contributed by atoms with van der Waals surface area (Å²) in [5, 5.41) is 3.78. The second kappa shape index (κ2) is 12.6. The standard InChI is InChI=1S/C30H34ClN3O2/c1-22-12-14-24(15-13-22)30(35)32-18-7-3-4-11-29-33-27-9-5-6-10-28(27)34(29)19-8-20-36-25-16-17-26(31)23(2)21-25/h5-6,9-10,12-17,21H,3-4,7-8,11,18-20H2,1-2H3,(H,32,35). The third-order valence-electron chi connectivity index (χ3n) is 6.33. The molecule has 0 atom stereocenters. The highest BCUT2D eigenvalue weighted by atomic mass is 35.5. The van der Waals surface area contributed by atoms with Gasteiger partial charge in [-0.25, -0.2) is 4.98 Å². The fourth-order valence-corrected chi connectivity index (χ4v) is 4.40. The maximum atomic E-state index is 12.3. The molecular formula is C30H34ClN3O2. The lowest BCUT2D eigenvalue weighted by Gasteiger charge is -2.11. The average molecular weight is 504 g/mol. The highest BCUT2D eigenvalue weighted by Gasteiger charge is 2.11. The third-order valence-corrected chi connectivity index (χ3v) is 6.76. The predicted molar refractivity (Wildman–Crippen MR) is 147 cm³/mol. The van der Waals surface area contributed by atoms with Crippen molar-refractivity contribution >= 4 is 28.5 Å². The lowest BCUT2D eigenvalue weighted by Crippen LogP contribution is -2.24. The number of hydrogen-bond donors (Lipinski definition) is 1. The summed E-state index contributed by atoms with van der Waals surface area (Å²) < 4.78 is 8.27. The molecule has 0 fully saturated rings. The van der Waals surface area contributed by atoms with E-state index < -0.39 is 0 Å². The molecule has 0 aliphatic heterocycles. The van der Waals surface area contributed by atoms with Crippen LogP contribution in [0.2, 0.25) is 5.02 Å². The van der Waals surface area contributed by atoms with Gasteiger partial charge in [0, 0.05) is 30.1 Å². The zero-order chi connectivity index (χ0) is 25.3. The van der Waals surface area contributed by atoms with Crippen LogP contribution >= 0.6 is 11.6 Å². The van der Waals surface area contributed by atoms with Crippen LogP contribution in [-0.2, 0) is 13.0 Å². The number of nitrogens with zero attached hydrogens (tertiary/aromatic N) is 2. The van der Waals surface area contributed by atoms with E-state index in [4.69, 9.17) is 21.3 Å². The summed E-state index contributed by atoms with van der Waals surface area (Å²) >= 11 is 6.11.